The summed E-state index contributed by atoms with van der Waals surface area (Å²) in [6.07, 6.45) is 4.22. The minimum atomic E-state index is -0.148. The Bertz CT molecular complexity index is 745. The third-order valence-electron chi connectivity index (χ3n) is 4.02. The summed E-state index contributed by atoms with van der Waals surface area (Å²) in [6.45, 7) is 1.35. The van der Waals surface area contributed by atoms with Gasteiger partial charge < -0.3 is 9.88 Å². The molecule has 0 unspecified atom stereocenters. The van der Waals surface area contributed by atoms with Crippen molar-refractivity contribution >= 4 is 29.6 Å². The molecular formula is C15H15Cl2N3O2. The predicted molar refractivity (Wildman–Crippen MR) is 86.4 cm³/mol. The molecule has 0 saturated carbocycles. The van der Waals surface area contributed by atoms with Crippen LogP contribution in [0.4, 0.5) is 0 Å². The molecule has 1 saturated heterocycles. The summed E-state index contributed by atoms with van der Waals surface area (Å²) in [5.41, 5.74) is 1.38. The summed E-state index contributed by atoms with van der Waals surface area (Å²) in [4.78, 5) is 27.5. The minimum Gasteiger partial charge on any atom is -0.345 e. The van der Waals surface area contributed by atoms with Crippen molar-refractivity contribution in [3.63, 3.8) is 0 Å². The number of piperidine rings is 1. The van der Waals surface area contributed by atoms with Gasteiger partial charge in [-0.3, -0.25) is 9.36 Å². The highest BCUT2D eigenvalue weighted by Crippen LogP contribution is 2.28. The van der Waals surface area contributed by atoms with E-state index in [9.17, 15) is 9.59 Å². The average molecular weight is 340 g/mol. The van der Waals surface area contributed by atoms with Gasteiger partial charge in [-0.2, -0.15) is 0 Å². The van der Waals surface area contributed by atoms with Crippen LogP contribution in [-0.4, -0.2) is 34.0 Å². The van der Waals surface area contributed by atoms with Crippen LogP contribution in [0.2, 0.25) is 10.0 Å². The maximum Gasteiger partial charge on any atom is 0.326 e. The number of nitrogens with zero attached hydrogens (tertiary/aromatic N) is 2. The molecule has 116 valence electrons. The molecule has 3 rings (SSSR count). The lowest BCUT2D eigenvalue weighted by atomic mass is 10.1. The van der Waals surface area contributed by atoms with E-state index in [1.54, 1.807) is 21.6 Å². The zero-order valence-electron chi connectivity index (χ0n) is 11.8. The van der Waals surface area contributed by atoms with Crippen molar-refractivity contribution < 1.29 is 4.79 Å². The number of aromatic nitrogens is 2. The topological polar surface area (TPSA) is 58.1 Å². The van der Waals surface area contributed by atoms with Crippen LogP contribution >= 0.6 is 23.2 Å². The molecule has 1 aromatic carbocycles. The van der Waals surface area contributed by atoms with Crippen LogP contribution in [0.15, 0.2) is 29.2 Å². The number of hydrogen-bond acceptors (Lipinski definition) is 2. The predicted octanol–water partition coefficient (Wildman–Crippen LogP) is 2.94. The number of imidazole rings is 1. The normalized spacial score (nSPS) is 16.0. The molecule has 0 radical (unpaired) electrons. The maximum absolute atomic E-state index is 12.2. The van der Waals surface area contributed by atoms with Crippen molar-refractivity contribution in [2.75, 3.05) is 13.1 Å². The second-order valence-corrected chi connectivity index (χ2v) is 6.20. The first-order valence-corrected chi connectivity index (χ1v) is 7.80. The monoisotopic (exact) mass is 339 g/mol. The summed E-state index contributed by atoms with van der Waals surface area (Å²) in [5, 5.41) is 0.931. The number of hydrogen-bond donors (Lipinski definition) is 1. The number of rotatable bonds is 3. The molecule has 1 fully saturated rings. The number of aromatic amines is 1. The number of halogens is 2. The number of H-pyrrole nitrogens is 1. The molecule has 7 heteroatoms. The highest BCUT2D eigenvalue weighted by atomic mass is 35.5. The van der Waals surface area contributed by atoms with Crippen molar-refractivity contribution in [3.8, 4) is 11.3 Å². The van der Waals surface area contributed by atoms with Crippen molar-refractivity contribution in [2.45, 2.75) is 18.9 Å². The molecule has 5 nitrogen and oxygen atoms in total. The summed E-state index contributed by atoms with van der Waals surface area (Å²) in [5.74, 6) is 0. The van der Waals surface area contributed by atoms with E-state index in [2.05, 4.69) is 4.98 Å². The fourth-order valence-corrected chi connectivity index (χ4v) is 3.06. The summed E-state index contributed by atoms with van der Waals surface area (Å²) in [6, 6.07) is 5.36. The first-order valence-electron chi connectivity index (χ1n) is 7.04. The van der Waals surface area contributed by atoms with Gasteiger partial charge in [0, 0.05) is 30.9 Å². The molecule has 1 amide bonds. The Morgan fingerprint density at radius 3 is 2.55 bits per heavy atom. The largest absolute Gasteiger partial charge is 0.345 e. The van der Waals surface area contributed by atoms with Crippen molar-refractivity contribution in [1.29, 1.82) is 0 Å². The van der Waals surface area contributed by atoms with Crippen LogP contribution in [0, 0.1) is 0 Å². The van der Waals surface area contributed by atoms with E-state index >= 15 is 0 Å². The molecule has 0 aliphatic carbocycles. The van der Waals surface area contributed by atoms with E-state index in [0.717, 1.165) is 24.8 Å². The fourth-order valence-electron chi connectivity index (χ4n) is 2.76. The molecule has 22 heavy (non-hydrogen) atoms. The molecule has 1 aromatic heterocycles. The van der Waals surface area contributed by atoms with Crippen molar-refractivity contribution in [2.24, 2.45) is 0 Å². The van der Waals surface area contributed by atoms with Gasteiger partial charge in [0.25, 0.3) is 0 Å². The summed E-state index contributed by atoms with van der Waals surface area (Å²) >= 11 is 11.9. The van der Waals surface area contributed by atoms with Gasteiger partial charge in [-0.1, -0.05) is 29.3 Å². The van der Waals surface area contributed by atoms with Crippen LogP contribution in [0.3, 0.4) is 0 Å². The molecule has 0 atom stereocenters. The Balaban J connectivity index is 1.86. The molecule has 0 spiro atoms. The van der Waals surface area contributed by atoms with E-state index in [-0.39, 0.29) is 11.7 Å². The number of nitrogens with one attached hydrogen (secondary N) is 1. The lowest BCUT2D eigenvalue weighted by molar-refractivity contribution is -0.119. The quantitative estimate of drug-likeness (QED) is 0.874. The number of carbonyl (C=O) groups excluding carboxylic acids is 1. The molecule has 1 aliphatic heterocycles. The van der Waals surface area contributed by atoms with Gasteiger partial charge in [-0.05, 0) is 25.0 Å². The van der Waals surface area contributed by atoms with Crippen LogP contribution in [0.1, 0.15) is 18.9 Å². The maximum atomic E-state index is 12.2. The second kappa shape index (κ2) is 6.18. The molecule has 2 heterocycles. The SMILES string of the molecule is O=CN1CCC(n2cc(-c3ccc(Cl)c(Cl)c3)[nH]c2=O)CC1. The van der Waals surface area contributed by atoms with Crippen molar-refractivity contribution in [3.05, 3.63) is 44.9 Å². The highest BCUT2D eigenvalue weighted by molar-refractivity contribution is 6.42. The molecule has 1 N–H and O–H groups in total. The third-order valence-corrected chi connectivity index (χ3v) is 4.76. The van der Waals surface area contributed by atoms with Gasteiger partial charge >= 0.3 is 5.69 Å². The lowest BCUT2D eigenvalue weighted by Gasteiger charge is -2.29. The first kappa shape index (κ1) is 15.2. The van der Waals surface area contributed by atoms with Crippen LogP contribution in [-0.2, 0) is 4.79 Å². The van der Waals surface area contributed by atoms with Gasteiger partial charge in [0.15, 0.2) is 0 Å². The van der Waals surface area contributed by atoms with Gasteiger partial charge in [0.05, 0.1) is 15.7 Å². The van der Waals surface area contributed by atoms with Gasteiger partial charge in [-0.25, -0.2) is 4.79 Å². The smallest absolute Gasteiger partial charge is 0.326 e. The number of amides is 1. The Kier molecular flexibility index (Phi) is 4.27. The number of benzene rings is 1. The minimum absolute atomic E-state index is 0.108. The van der Waals surface area contributed by atoms with Crippen molar-refractivity contribution in [1.82, 2.24) is 14.5 Å². The van der Waals surface area contributed by atoms with E-state index in [4.69, 9.17) is 23.2 Å². The molecule has 1 aliphatic rings. The second-order valence-electron chi connectivity index (χ2n) is 5.38. The summed E-state index contributed by atoms with van der Waals surface area (Å²) in [7, 11) is 0. The number of likely N-dealkylation sites (tertiary alicyclic amines) is 1. The van der Waals surface area contributed by atoms with Gasteiger partial charge in [-0.15, -0.1) is 0 Å². The van der Waals surface area contributed by atoms with Crippen LogP contribution < -0.4 is 5.69 Å². The highest BCUT2D eigenvalue weighted by Gasteiger charge is 2.21. The van der Waals surface area contributed by atoms with Crippen LogP contribution in [0.5, 0.6) is 0 Å². The average Bonchev–Trinajstić information content (AvgIpc) is 2.92. The lowest BCUT2D eigenvalue weighted by Crippen LogP contribution is -2.35. The zero-order valence-corrected chi connectivity index (χ0v) is 13.3. The number of carbonyl (C=O) groups is 1. The Labute approximate surface area is 137 Å². The van der Waals surface area contributed by atoms with E-state index in [1.165, 1.54) is 0 Å². The van der Waals surface area contributed by atoms with E-state index in [1.807, 2.05) is 12.3 Å². The first-order chi connectivity index (χ1) is 10.6. The van der Waals surface area contributed by atoms with Crippen LogP contribution in [0.25, 0.3) is 11.3 Å². The molecule has 2 aromatic rings. The van der Waals surface area contributed by atoms with E-state index < -0.39 is 0 Å². The van der Waals surface area contributed by atoms with Gasteiger partial charge in [0.1, 0.15) is 0 Å². The Hall–Kier alpha value is -1.72. The zero-order chi connectivity index (χ0) is 15.7. The molecule has 0 bridgehead atoms. The molecular weight excluding hydrogens is 325 g/mol. The van der Waals surface area contributed by atoms with E-state index in [0.29, 0.717) is 28.8 Å². The Morgan fingerprint density at radius 2 is 1.91 bits per heavy atom. The fraction of sp³-hybridized carbons (Fsp3) is 0.333. The standard InChI is InChI=1S/C15H15Cl2N3O2/c16-12-2-1-10(7-13(12)17)14-8-20(15(22)18-14)11-3-5-19(9-21)6-4-11/h1-2,7-9,11H,3-6H2,(H,18,22). The Morgan fingerprint density at radius 1 is 1.18 bits per heavy atom. The van der Waals surface area contributed by atoms with Gasteiger partial charge in [0.2, 0.25) is 6.41 Å². The summed E-state index contributed by atoms with van der Waals surface area (Å²) < 4.78 is 1.71. The third kappa shape index (κ3) is 2.91.